The summed E-state index contributed by atoms with van der Waals surface area (Å²) < 4.78 is 1.53. The third-order valence-electron chi connectivity index (χ3n) is 2.04. The van der Waals surface area contributed by atoms with Crippen molar-refractivity contribution in [1.82, 2.24) is 4.57 Å². The first-order valence-electron chi connectivity index (χ1n) is 4.42. The second kappa shape index (κ2) is 4.07. The first kappa shape index (κ1) is 10.5. The van der Waals surface area contributed by atoms with Crippen LogP contribution >= 0.6 is 0 Å². The quantitative estimate of drug-likeness (QED) is 0.734. The highest BCUT2D eigenvalue weighted by Crippen LogP contribution is 2.03. The molecule has 0 aliphatic rings. The Kier molecular flexibility index (Phi) is 3.05. The molecule has 0 amide bonds. The van der Waals surface area contributed by atoms with Crippen molar-refractivity contribution in [1.29, 1.82) is 5.26 Å². The third-order valence-corrected chi connectivity index (χ3v) is 2.04. The molecule has 0 bridgehead atoms. The minimum atomic E-state index is -0.112. The highest BCUT2D eigenvalue weighted by molar-refractivity contribution is 5.32. The Bertz CT molecular complexity index is 426. The van der Waals surface area contributed by atoms with Gasteiger partial charge in [0.05, 0.1) is 5.56 Å². The smallest absolute Gasteiger partial charge is 0.250 e. The van der Waals surface area contributed by atoms with Crippen LogP contribution in [-0.4, -0.2) is 10.6 Å². The number of hydrogen-bond acceptors (Lipinski definition) is 3. The van der Waals surface area contributed by atoms with Crippen LogP contribution in [0.4, 0.5) is 0 Å². The predicted octanol–water partition coefficient (Wildman–Crippen LogP) is 0.376. The lowest BCUT2D eigenvalue weighted by Crippen LogP contribution is -2.31. The van der Waals surface area contributed by atoms with E-state index in [-0.39, 0.29) is 11.6 Å². The summed E-state index contributed by atoms with van der Waals surface area (Å²) in [7, 11) is 0. The fourth-order valence-electron chi connectivity index (χ4n) is 1.31. The highest BCUT2D eigenvalue weighted by atomic mass is 16.1. The standard InChI is InChI=1S/C10H13N3O/c1-7(12)6-13-8(2)9(5-11)3-4-10(13)14/h3-4,7H,6,12H2,1-2H3/t7-/m0/s1. The summed E-state index contributed by atoms with van der Waals surface area (Å²) in [5.74, 6) is 0. The average molecular weight is 191 g/mol. The number of nitriles is 1. The zero-order chi connectivity index (χ0) is 10.7. The topological polar surface area (TPSA) is 71.8 Å². The number of pyridine rings is 1. The van der Waals surface area contributed by atoms with Crippen LogP contribution in [0, 0.1) is 18.3 Å². The van der Waals surface area contributed by atoms with Crippen LogP contribution in [0.1, 0.15) is 18.2 Å². The molecule has 0 spiro atoms. The Morgan fingerprint density at radius 3 is 2.79 bits per heavy atom. The summed E-state index contributed by atoms with van der Waals surface area (Å²) in [6.45, 7) is 4.02. The number of nitrogens with zero attached hydrogens (tertiary/aromatic N) is 2. The van der Waals surface area contributed by atoms with Gasteiger partial charge < -0.3 is 10.3 Å². The summed E-state index contributed by atoms with van der Waals surface area (Å²) in [5.41, 5.74) is 6.70. The molecule has 0 aliphatic carbocycles. The summed E-state index contributed by atoms with van der Waals surface area (Å²) in [4.78, 5) is 11.4. The van der Waals surface area contributed by atoms with E-state index in [1.807, 2.05) is 13.0 Å². The second-order valence-corrected chi connectivity index (χ2v) is 3.37. The van der Waals surface area contributed by atoms with E-state index in [4.69, 9.17) is 11.0 Å². The van der Waals surface area contributed by atoms with Crippen LogP contribution in [0.25, 0.3) is 0 Å². The fourth-order valence-corrected chi connectivity index (χ4v) is 1.31. The first-order chi connectivity index (χ1) is 6.56. The molecule has 4 heteroatoms. The molecule has 0 saturated heterocycles. The molecule has 2 N–H and O–H groups in total. The molecule has 14 heavy (non-hydrogen) atoms. The minimum Gasteiger partial charge on any atom is -0.326 e. The van der Waals surface area contributed by atoms with Crippen LogP contribution < -0.4 is 11.3 Å². The van der Waals surface area contributed by atoms with E-state index < -0.39 is 0 Å². The molecule has 0 aliphatic heterocycles. The van der Waals surface area contributed by atoms with Gasteiger partial charge in [-0.2, -0.15) is 5.26 Å². The van der Waals surface area contributed by atoms with E-state index in [9.17, 15) is 4.79 Å². The van der Waals surface area contributed by atoms with Gasteiger partial charge >= 0.3 is 0 Å². The number of nitrogens with two attached hydrogens (primary N) is 1. The van der Waals surface area contributed by atoms with Crippen molar-refractivity contribution in [2.24, 2.45) is 5.73 Å². The molecule has 1 atom stereocenters. The van der Waals surface area contributed by atoms with Crippen LogP contribution in [0.2, 0.25) is 0 Å². The van der Waals surface area contributed by atoms with Crippen molar-refractivity contribution in [2.75, 3.05) is 0 Å². The maximum absolute atomic E-state index is 11.4. The summed E-state index contributed by atoms with van der Waals surface area (Å²) in [6.07, 6.45) is 0. The van der Waals surface area contributed by atoms with Gasteiger partial charge in [-0.05, 0) is 19.9 Å². The van der Waals surface area contributed by atoms with Crippen LogP contribution in [0.3, 0.4) is 0 Å². The first-order valence-corrected chi connectivity index (χ1v) is 4.42. The second-order valence-electron chi connectivity index (χ2n) is 3.37. The lowest BCUT2D eigenvalue weighted by molar-refractivity contribution is 0.561. The molecule has 0 radical (unpaired) electrons. The lowest BCUT2D eigenvalue weighted by Gasteiger charge is -2.12. The maximum Gasteiger partial charge on any atom is 0.250 e. The third kappa shape index (κ3) is 2.01. The van der Waals surface area contributed by atoms with Crippen LogP contribution in [0.15, 0.2) is 16.9 Å². The Morgan fingerprint density at radius 2 is 2.29 bits per heavy atom. The van der Waals surface area contributed by atoms with E-state index in [1.165, 1.54) is 16.7 Å². The molecular weight excluding hydrogens is 178 g/mol. The zero-order valence-electron chi connectivity index (χ0n) is 8.32. The maximum atomic E-state index is 11.4. The SMILES string of the molecule is Cc1c(C#N)ccc(=O)n1C[C@H](C)N. The van der Waals surface area contributed by atoms with Gasteiger partial charge in [0.25, 0.3) is 5.56 Å². The molecule has 1 aromatic rings. The van der Waals surface area contributed by atoms with Crippen molar-refractivity contribution in [2.45, 2.75) is 26.4 Å². The number of aromatic nitrogens is 1. The van der Waals surface area contributed by atoms with E-state index >= 15 is 0 Å². The van der Waals surface area contributed by atoms with Gasteiger partial charge in [0, 0.05) is 24.3 Å². The molecule has 0 fully saturated rings. The van der Waals surface area contributed by atoms with E-state index in [2.05, 4.69) is 0 Å². The summed E-state index contributed by atoms with van der Waals surface area (Å²) in [6, 6.07) is 4.87. The lowest BCUT2D eigenvalue weighted by atomic mass is 10.2. The van der Waals surface area contributed by atoms with E-state index in [0.29, 0.717) is 17.8 Å². The van der Waals surface area contributed by atoms with Crippen molar-refractivity contribution in [3.8, 4) is 6.07 Å². The molecule has 0 saturated carbocycles. The van der Waals surface area contributed by atoms with Crippen molar-refractivity contribution in [3.63, 3.8) is 0 Å². The summed E-state index contributed by atoms with van der Waals surface area (Å²) in [5, 5.41) is 8.77. The Balaban J connectivity index is 3.27. The van der Waals surface area contributed by atoms with Gasteiger partial charge in [-0.25, -0.2) is 0 Å². The zero-order valence-corrected chi connectivity index (χ0v) is 8.32. The molecule has 4 nitrogen and oxygen atoms in total. The van der Waals surface area contributed by atoms with Gasteiger partial charge in [0.15, 0.2) is 0 Å². The Hall–Kier alpha value is -1.60. The molecule has 1 aromatic heterocycles. The number of hydrogen-bond donors (Lipinski definition) is 1. The molecule has 0 unspecified atom stereocenters. The Labute approximate surface area is 82.6 Å². The molecule has 1 rings (SSSR count). The molecule has 0 aromatic carbocycles. The monoisotopic (exact) mass is 191 g/mol. The van der Waals surface area contributed by atoms with E-state index in [0.717, 1.165) is 0 Å². The number of rotatable bonds is 2. The van der Waals surface area contributed by atoms with Crippen molar-refractivity contribution < 1.29 is 0 Å². The van der Waals surface area contributed by atoms with Crippen molar-refractivity contribution >= 4 is 0 Å². The largest absolute Gasteiger partial charge is 0.326 e. The van der Waals surface area contributed by atoms with Gasteiger partial charge in [-0.15, -0.1) is 0 Å². The minimum absolute atomic E-state index is 0.0969. The van der Waals surface area contributed by atoms with Gasteiger partial charge in [-0.3, -0.25) is 4.79 Å². The highest BCUT2D eigenvalue weighted by Gasteiger charge is 2.06. The fraction of sp³-hybridized carbons (Fsp3) is 0.400. The van der Waals surface area contributed by atoms with Gasteiger partial charge in [-0.1, -0.05) is 0 Å². The van der Waals surface area contributed by atoms with E-state index in [1.54, 1.807) is 6.92 Å². The van der Waals surface area contributed by atoms with Crippen LogP contribution in [-0.2, 0) is 6.54 Å². The molecular formula is C10H13N3O. The van der Waals surface area contributed by atoms with Crippen LogP contribution in [0.5, 0.6) is 0 Å². The Morgan fingerprint density at radius 1 is 1.64 bits per heavy atom. The average Bonchev–Trinajstić information content (AvgIpc) is 2.12. The predicted molar refractivity (Wildman–Crippen MR) is 53.8 cm³/mol. The van der Waals surface area contributed by atoms with Gasteiger partial charge in [0.2, 0.25) is 0 Å². The van der Waals surface area contributed by atoms with Gasteiger partial charge in [0.1, 0.15) is 6.07 Å². The summed E-state index contributed by atoms with van der Waals surface area (Å²) >= 11 is 0. The van der Waals surface area contributed by atoms with Crippen molar-refractivity contribution in [3.05, 3.63) is 33.7 Å². The molecule has 74 valence electrons. The normalized spacial score (nSPS) is 12.1. The molecule has 1 heterocycles.